The van der Waals surface area contributed by atoms with E-state index in [0.29, 0.717) is 18.9 Å². The van der Waals surface area contributed by atoms with E-state index in [0.717, 1.165) is 62.0 Å². The van der Waals surface area contributed by atoms with E-state index in [1.807, 2.05) is 29.2 Å². The SMILES string of the molecule is CN=C(NCc1ccc(N2CCCC2=O)cc1)NCC1CCN(c2ccccc2OC)C1.I. The molecule has 0 aliphatic carbocycles. The van der Waals surface area contributed by atoms with Gasteiger partial charge in [0.05, 0.1) is 12.8 Å². The normalized spacial score (nSPS) is 18.3. The van der Waals surface area contributed by atoms with E-state index in [4.69, 9.17) is 4.74 Å². The molecule has 33 heavy (non-hydrogen) atoms. The van der Waals surface area contributed by atoms with E-state index in [1.54, 1.807) is 14.2 Å². The van der Waals surface area contributed by atoms with Crippen molar-refractivity contribution in [2.45, 2.75) is 25.8 Å². The zero-order valence-corrected chi connectivity index (χ0v) is 21.7. The molecule has 2 fully saturated rings. The second-order valence-electron chi connectivity index (χ2n) is 8.39. The van der Waals surface area contributed by atoms with Gasteiger partial charge >= 0.3 is 0 Å². The monoisotopic (exact) mass is 563 g/mol. The number of hydrogen-bond acceptors (Lipinski definition) is 4. The van der Waals surface area contributed by atoms with Crippen molar-refractivity contribution in [3.63, 3.8) is 0 Å². The summed E-state index contributed by atoms with van der Waals surface area (Å²) in [6.07, 6.45) is 2.74. The van der Waals surface area contributed by atoms with Gasteiger partial charge in [0.1, 0.15) is 5.75 Å². The van der Waals surface area contributed by atoms with Crippen molar-refractivity contribution in [1.82, 2.24) is 10.6 Å². The van der Waals surface area contributed by atoms with E-state index < -0.39 is 0 Å². The van der Waals surface area contributed by atoms with Gasteiger partial charge < -0.3 is 25.2 Å². The molecule has 0 radical (unpaired) electrons. The summed E-state index contributed by atoms with van der Waals surface area (Å²) in [6.45, 7) is 4.42. The number of para-hydroxylation sites is 2. The average molecular weight is 563 g/mol. The Bertz CT molecular complexity index is 950. The summed E-state index contributed by atoms with van der Waals surface area (Å²) in [4.78, 5) is 20.5. The molecule has 2 heterocycles. The second-order valence-corrected chi connectivity index (χ2v) is 8.39. The summed E-state index contributed by atoms with van der Waals surface area (Å²) < 4.78 is 5.52. The number of aliphatic imine (C=N–C) groups is 1. The van der Waals surface area contributed by atoms with Crippen LogP contribution in [0.2, 0.25) is 0 Å². The van der Waals surface area contributed by atoms with E-state index in [-0.39, 0.29) is 29.9 Å². The van der Waals surface area contributed by atoms with Crippen molar-refractivity contribution >= 4 is 47.2 Å². The van der Waals surface area contributed by atoms with Gasteiger partial charge in [0.2, 0.25) is 5.91 Å². The molecule has 2 aromatic carbocycles. The number of nitrogens with zero attached hydrogens (tertiary/aromatic N) is 3. The molecule has 0 spiro atoms. The van der Waals surface area contributed by atoms with Crippen molar-refractivity contribution in [2.24, 2.45) is 10.9 Å². The molecule has 1 atom stereocenters. The fourth-order valence-corrected chi connectivity index (χ4v) is 4.47. The van der Waals surface area contributed by atoms with Crippen LogP contribution in [-0.4, -0.2) is 52.2 Å². The number of carbonyl (C=O) groups is 1. The van der Waals surface area contributed by atoms with Gasteiger partial charge in [-0.25, -0.2) is 0 Å². The number of benzene rings is 2. The first-order valence-electron chi connectivity index (χ1n) is 11.4. The molecule has 2 aliphatic heterocycles. The first kappa shape index (κ1) is 25.1. The average Bonchev–Trinajstić information content (AvgIpc) is 3.48. The van der Waals surface area contributed by atoms with E-state index in [1.165, 1.54) is 5.69 Å². The molecule has 7 nitrogen and oxygen atoms in total. The third kappa shape index (κ3) is 6.31. The van der Waals surface area contributed by atoms with E-state index in [9.17, 15) is 4.79 Å². The molecule has 8 heteroatoms. The number of rotatable bonds is 7. The van der Waals surface area contributed by atoms with Crippen molar-refractivity contribution in [2.75, 3.05) is 50.1 Å². The van der Waals surface area contributed by atoms with Crippen LogP contribution in [0, 0.1) is 5.92 Å². The van der Waals surface area contributed by atoms with Crippen LogP contribution < -0.4 is 25.2 Å². The highest BCUT2D eigenvalue weighted by Crippen LogP contribution is 2.31. The molecule has 0 aromatic heterocycles. The maximum absolute atomic E-state index is 11.9. The minimum absolute atomic E-state index is 0. The molecule has 1 amide bonds. The Kier molecular flexibility index (Phi) is 9.22. The van der Waals surface area contributed by atoms with Crippen molar-refractivity contribution in [1.29, 1.82) is 0 Å². The third-order valence-electron chi connectivity index (χ3n) is 6.27. The molecule has 1 unspecified atom stereocenters. The first-order chi connectivity index (χ1) is 15.7. The van der Waals surface area contributed by atoms with Crippen LogP contribution in [0.3, 0.4) is 0 Å². The Morgan fingerprint density at radius 1 is 1.12 bits per heavy atom. The van der Waals surface area contributed by atoms with Crippen LogP contribution in [0.25, 0.3) is 0 Å². The standard InChI is InChI=1S/C25H33N5O2.HI/c1-26-25(27-16-19-9-11-21(12-10-19)30-14-5-8-24(30)31)28-17-20-13-15-29(18-20)22-6-3-4-7-23(22)32-2;/h3-4,6-7,9-12,20H,5,8,13-18H2,1-2H3,(H2,26,27,28);1H. The Morgan fingerprint density at radius 3 is 2.61 bits per heavy atom. The largest absolute Gasteiger partial charge is 0.495 e. The topological polar surface area (TPSA) is 69.2 Å². The molecule has 2 N–H and O–H groups in total. The van der Waals surface area contributed by atoms with Gasteiger partial charge in [-0.3, -0.25) is 9.79 Å². The van der Waals surface area contributed by atoms with Gasteiger partial charge in [0.15, 0.2) is 5.96 Å². The van der Waals surface area contributed by atoms with Gasteiger partial charge in [0, 0.05) is 51.9 Å². The Balaban J connectivity index is 0.00000306. The quantitative estimate of drug-likeness (QED) is 0.306. The number of nitrogens with one attached hydrogen (secondary N) is 2. The fourth-order valence-electron chi connectivity index (χ4n) is 4.47. The lowest BCUT2D eigenvalue weighted by Crippen LogP contribution is -2.40. The molecule has 2 aromatic rings. The number of anilines is 2. The van der Waals surface area contributed by atoms with Gasteiger partial charge in [-0.05, 0) is 48.6 Å². The summed E-state index contributed by atoms with van der Waals surface area (Å²) in [6, 6.07) is 16.4. The molecule has 0 bridgehead atoms. The molecule has 2 aliphatic rings. The summed E-state index contributed by atoms with van der Waals surface area (Å²) in [5, 5.41) is 6.87. The lowest BCUT2D eigenvalue weighted by atomic mass is 10.1. The number of methoxy groups -OCH3 is 1. The molecule has 4 rings (SSSR count). The van der Waals surface area contributed by atoms with Crippen LogP contribution in [-0.2, 0) is 11.3 Å². The Morgan fingerprint density at radius 2 is 1.91 bits per heavy atom. The number of halogens is 1. The van der Waals surface area contributed by atoms with Crippen LogP contribution in [0.5, 0.6) is 5.75 Å². The highest BCUT2D eigenvalue weighted by atomic mass is 127. The summed E-state index contributed by atoms with van der Waals surface area (Å²) >= 11 is 0. The third-order valence-corrected chi connectivity index (χ3v) is 6.27. The molecular weight excluding hydrogens is 529 g/mol. The van der Waals surface area contributed by atoms with Gasteiger partial charge in [-0.15, -0.1) is 24.0 Å². The number of ether oxygens (including phenoxy) is 1. The van der Waals surface area contributed by atoms with Gasteiger partial charge in [-0.2, -0.15) is 0 Å². The van der Waals surface area contributed by atoms with Crippen molar-refractivity contribution in [3.8, 4) is 5.75 Å². The lowest BCUT2D eigenvalue weighted by molar-refractivity contribution is -0.117. The maximum atomic E-state index is 11.9. The minimum atomic E-state index is 0. The van der Waals surface area contributed by atoms with Crippen LogP contribution >= 0.6 is 24.0 Å². The van der Waals surface area contributed by atoms with Crippen LogP contribution in [0.1, 0.15) is 24.8 Å². The summed E-state index contributed by atoms with van der Waals surface area (Å²) in [5.74, 6) is 2.51. The molecule has 0 saturated carbocycles. The second kappa shape index (κ2) is 12.1. The summed E-state index contributed by atoms with van der Waals surface area (Å²) in [5.41, 5.74) is 3.31. The van der Waals surface area contributed by atoms with E-state index >= 15 is 0 Å². The molecular formula is C25H34IN5O2. The number of guanidine groups is 1. The lowest BCUT2D eigenvalue weighted by Gasteiger charge is -2.21. The predicted octanol–water partition coefficient (Wildman–Crippen LogP) is 3.63. The predicted molar refractivity (Wildman–Crippen MR) is 145 cm³/mol. The fraction of sp³-hybridized carbons (Fsp3) is 0.440. The van der Waals surface area contributed by atoms with Gasteiger partial charge in [0.25, 0.3) is 0 Å². The smallest absolute Gasteiger partial charge is 0.227 e. The maximum Gasteiger partial charge on any atom is 0.227 e. The first-order valence-corrected chi connectivity index (χ1v) is 11.4. The zero-order valence-electron chi connectivity index (χ0n) is 19.4. The zero-order chi connectivity index (χ0) is 22.3. The molecule has 178 valence electrons. The number of carbonyl (C=O) groups excluding carboxylic acids is 1. The summed E-state index contributed by atoms with van der Waals surface area (Å²) in [7, 11) is 3.52. The number of hydrogen-bond donors (Lipinski definition) is 2. The highest BCUT2D eigenvalue weighted by Gasteiger charge is 2.25. The minimum Gasteiger partial charge on any atom is -0.495 e. The van der Waals surface area contributed by atoms with Gasteiger partial charge in [-0.1, -0.05) is 24.3 Å². The van der Waals surface area contributed by atoms with E-state index in [2.05, 4.69) is 44.8 Å². The Hall–Kier alpha value is -2.49. The van der Waals surface area contributed by atoms with Crippen LogP contribution in [0.4, 0.5) is 11.4 Å². The Labute approximate surface area is 213 Å². The van der Waals surface area contributed by atoms with Crippen molar-refractivity contribution in [3.05, 3.63) is 54.1 Å². The molecule has 2 saturated heterocycles. The highest BCUT2D eigenvalue weighted by molar-refractivity contribution is 14.0. The van der Waals surface area contributed by atoms with Crippen LogP contribution in [0.15, 0.2) is 53.5 Å². The van der Waals surface area contributed by atoms with Crippen molar-refractivity contribution < 1.29 is 9.53 Å². The number of amides is 1.